The van der Waals surface area contributed by atoms with Crippen LogP contribution in [0.25, 0.3) is 0 Å². The lowest BCUT2D eigenvalue weighted by Crippen LogP contribution is -2.42. The van der Waals surface area contributed by atoms with Crippen LogP contribution in [0.5, 0.6) is 5.75 Å². The molecule has 20 heavy (non-hydrogen) atoms. The zero-order chi connectivity index (χ0) is 14.8. The van der Waals surface area contributed by atoms with Gasteiger partial charge in [-0.1, -0.05) is 12.1 Å². The Hall–Kier alpha value is -1.63. The number of aromatic hydroxyl groups is 1. The van der Waals surface area contributed by atoms with Gasteiger partial charge >= 0.3 is 0 Å². The molecular formula is C14H22N2O4. The van der Waals surface area contributed by atoms with Crippen molar-refractivity contribution in [3.63, 3.8) is 0 Å². The van der Waals surface area contributed by atoms with Crippen molar-refractivity contribution in [1.29, 1.82) is 0 Å². The van der Waals surface area contributed by atoms with Crippen LogP contribution in [0.3, 0.4) is 0 Å². The zero-order valence-electron chi connectivity index (χ0n) is 11.4. The topological polar surface area (TPSA) is 105 Å². The Balaban J connectivity index is 2.20. The first-order chi connectivity index (χ1) is 9.63. The Kier molecular flexibility index (Phi) is 7.64. The molecular weight excluding hydrogens is 260 g/mol. The second kappa shape index (κ2) is 9.30. The number of hydrogen-bond acceptors (Lipinski definition) is 5. The van der Waals surface area contributed by atoms with Crippen LogP contribution in [-0.2, 0) is 16.0 Å². The third-order valence-corrected chi connectivity index (χ3v) is 2.73. The number of phenolic OH excluding ortho intramolecular Hbond substituents is 1. The number of nitrogens with two attached hydrogens (primary N) is 1. The number of phenols is 1. The molecule has 6 heteroatoms. The first-order valence-corrected chi connectivity index (χ1v) is 6.63. The summed E-state index contributed by atoms with van der Waals surface area (Å²) >= 11 is 0. The molecule has 0 saturated heterocycles. The van der Waals surface area contributed by atoms with Crippen LogP contribution in [0, 0.1) is 0 Å². The highest BCUT2D eigenvalue weighted by molar-refractivity contribution is 5.81. The Labute approximate surface area is 118 Å². The average molecular weight is 282 g/mol. The molecule has 0 spiro atoms. The number of benzene rings is 1. The molecule has 0 radical (unpaired) electrons. The maximum atomic E-state index is 11.7. The van der Waals surface area contributed by atoms with Gasteiger partial charge in [0.15, 0.2) is 0 Å². The van der Waals surface area contributed by atoms with Crippen LogP contribution < -0.4 is 11.1 Å². The summed E-state index contributed by atoms with van der Waals surface area (Å²) in [5, 5.41) is 20.4. The Morgan fingerprint density at radius 2 is 2.00 bits per heavy atom. The standard InChI is InChI=1S/C14H22N2O4/c15-13(10-11-2-4-12(18)5-3-11)14(19)16-6-1-8-20-9-7-17/h2-5,13,17-18H,1,6-10,15H2,(H,16,19)/t13-/m0/s1. The number of amides is 1. The number of carbonyl (C=O) groups excluding carboxylic acids is 1. The summed E-state index contributed by atoms with van der Waals surface area (Å²) in [7, 11) is 0. The number of aliphatic hydroxyl groups excluding tert-OH is 1. The van der Waals surface area contributed by atoms with Crippen LogP contribution in [0.2, 0.25) is 0 Å². The quantitative estimate of drug-likeness (QED) is 0.469. The second-order valence-corrected chi connectivity index (χ2v) is 4.46. The predicted molar refractivity (Wildman–Crippen MR) is 75.3 cm³/mol. The minimum Gasteiger partial charge on any atom is -0.508 e. The third-order valence-electron chi connectivity index (χ3n) is 2.73. The average Bonchev–Trinajstić information content (AvgIpc) is 2.45. The fourth-order valence-corrected chi connectivity index (χ4v) is 1.66. The van der Waals surface area contributed by atoms with E-state index in [4.69, 9.17) is 20.7 Å². The van der Waals surface area contributed by atoms with Gasteiger partial charge in [0.05, 0.1) is 19.3 Å². The molecule has 0 saturated carbocycles. The summed E-state index contributed by atoms with van der Waals surface area (Å²) in [6.07, 6.45) is 1.10. The Morgan fingerprint density at radius 3 is 2.65 bits per heavy atom. The van der Waals surface area contributed by atoms with Gasteiger partial charge in [-0.25, -0.2) is 0 Å². The van der Waals surface area contributed by atoms with Crippen molar-refractivity contribution in [3.8, 4) is 5.75 Å². The van der Waals surface area contributed by atoms with E-state index in [-0.39, 0.29) is 18.3 Å². The van der Waals surface area contributed by atoms with E-state index in [0.717, 1.165) is 5.56 Å². The fraction of sp³-hybridized carbons (Fsp3) is 0.500. The van der Waals surface area contributed by atoms with Gasteiger partial charge in [0.2, 0.25) is 5.91 Å². The van der Waals surface area contributed by atoms with Gasteiger partial charge < -0.3 is 26.0 Å². The summed E-state index contributed by atoms with van der Waals surface area (Å²) < 4.78 is 5.08. The molecule has 0 heterocycles. The van der Waals surface area contributed by atoms with E-state index in [9.17, 15) is 4.79 Å². The molecule has 1 amide bonds. The van der Waals surface area contributed by atoms with Crippen molar-refractivity contribution in [2.45, 2.75) is 18.9 Å². The lowest BCUT2D eigenvalue weighted by atomic mass is 10.1. The smallest absolute Gasteiger partial charge is 0.237 e. The van der Waals surface area contributed by atoms with E-state index in [0.29, 0.717) is 32.6 Å². The summed E-state index contributed by atoms with van der Waals surface area (Å²) in [6, 6.07) is 6.01. The maximum absolute atomic E-state index is 11.7. The van der Waals surface area contributed by atoms with Crippen molar-refractivity contribution in [2.24, 2.45) is 5.73 Å². The number of nitrogens with one attached hydrogen (secondary N) is 1. The van der Waals surface area contributed by atoms with Gasteiger partial charge in [-0.2, -0.15) is 0 Å². The van der Waals surface area contributed by atoms with E-state index >= 15 is 0 Å². The molecule has 1 aromatic carbocycles. The summed E-state index contributed by atoms with van der Waals surface area (Å²) in [5.41, 5.74) is 6.71. The number of ether oxygens (including phenoxy) is 1. The summed E-state index contributed by atoms with van der Waals surface area (Å²) in [4.78, 5) is 11.7. The van der Waals surface area contributed by atoms with Crippen LogP contribution >= 0.6 is 0 Å². The molecule has 0 aliphatic heterocycles. The summed E-state index contributed by atoms with van der Waals surface area (Å²) in [5.74, 6) is -0.0186. The van der Waals surface area contributed by atoms with Crippen molar-refractivity contribution in [3.05, 3.63) is 29.8 Å². The van der Waals surface area contributed by atoms with Crippen molar-refractivity contribution in [1.82, 2.24) is 5.32 Å². The monoisotopic (exact) mass is 282 g/mol. The first-order valence-electron chi connectivity index (χ1n) is 6.63. The molecule has 6 nitrogen and oxygen atoms in total. The number of aliphatic hydroxyl groups is 1. The number of carbonyl (C=O) groups is 1. The minimum absolute atomic E-state index is 0.00383. The second-order valence-electron chi connectivity index (χ2n) is 4.46. The van der Waals surface area contributed by atoms with E-state index < -0.39 is 6.04 Å². The van der Waals surface area contributed by atoms with Gasteiger partial charge in [0.25, 0.3) is 0 Å². The molecule has 1 aromatic rings. The molecule has 0 fully saturated rings. The van der Waals surface area contributed by atoms with Crippen LogP contribution in [0.1, 0.15) is 12.0 Å². The summed E-state index contributed by atoms with van der Waals surface area (Å²) in [6.45, 7) is 1.31. The molecule has 1 atom stereocenters. The van der Waals surface area contributed by atoms with Gasteiger partial charge in [-0.15, -0.1) is 0 Å². The van der Waals surface area contributed by atoms with E-state index in [1.165, 1.54) is 0 Å². The largest absolute Gasteiger partial charge is 0.508 e. The Bertz CT molecular complexity index is 395. The van der Waals surface area contributed by atoms with Crippen molar-refractivity contribution >= 4 is 5.91 Å². The predicted octanol–water partition coefficient (Wildman–Crippen LogP) is -0.223. The van der Waals surface area contributed by atoms with Crippen LogP contribution in [-0.4, -0.2) is 48.5 Å². The van der Waals surface area contributed by atoms with E-state index in [1.54, 1.807) is 24.3 Å². The minimum atomic E-state index is -0.613. The number of rotatable bonds is 9. The SMILES string of the molecule is N[C@@H](Cc1ccc(O)cc1)C(=O)NCCCOCCO. The molecule has 5 N–H and O–H groups in total. The highest BCUT2D eigenvalue weighted by Gasteiger charge is 2.13. The lowest BCUT2D eigenvalue weighted by molar-refractivity contribution is -0.122. The molecule has 1 rings (SSSR count). The van der Waals surface area contributed by atoms with Gasteiger partial charge in [-0.3, -0.25) is 4.79 Å². The first kappa shape index (κ1) is 16.4. The van der Waals surface area contributed by atoms with Crippen LogP contribution in [0.4, 0.5) is 0 Å². The zero-order valence-corrected chi connectivity index (χ0v) is 11.4. The lowest BCUT2D eigenvalue weighted by Gasteiger charge is -2.12. The highest BCUT2D eigenvalue weighted by Crippen LogP contribution is 2.10. The van der Waals surface area contributed by atoms with Crippen molar-refractivity contribution < 1.29 is 19.7 Å². The maximum Gasteiger partial charge on any atom is 0.237 e. The van der Waals surface area contributed by atoms with Gasteiger partial charge in [-0.05, 0) is 30.5 Å². The molecule has 112 valence electrons. The highest BCUT2D eigenvalue weighted by atomic mass is 16.5. The molecule has 0 unspecified atom stereocenters. The van der Waals surface area contributed by atoms with E-state index in [1.807, 2.05) is 0 Å². The van der Waals surface area contributed by atoms with E-state index in [2.05, 4.69) is 5.32 Å². The third kappa shape index (κ3) is 6.51. The molecule has 0 bridgehead atoms. The van der Waals surface area contributed by atoms with Gasteiger partial charge in [0.1, 0.15) is 5.75 Å². The Morgan fingerprint density at radius 1 is 1.30 bits per heavy atom. The number of hydrogen-bond donors (Lipinski definition) is 4. The molecule has 0 aliphatic carbocycles. The van der Waals surface area contributed by atoms with Gasteiger partial charge in [0, 0.05) is 13.2 Å². The normalized spacial score (nSPS) is 12.1. The molecule has 0 aromatic heterocycles. The molecule has 0 aliphatic rings. The fourth-order valence-electron chi connectivity index (χ4n) is 1.66. The van der Waals surface area contributed by atoms with Crippen LogP contribution in [0.15, 0.2) is 24.3 Å². The van der Waals surface area contributed by atoms with Crippen molar-refractivity contribution in [2.75, 3.05) is 26.4 Å².